The van der Waals surface area contributed by atoms with E-state index in [2.05, 4.69) is 37.7 Å². The molecular weight excluding hydrogens is 198 g/mol. The fraction of sp³-hybridized carbons (Fsp3) is 0.692. The van der Waals surface area contributed by atoms with Crippen molar-refractivity contribution >= 4 is 0 Å². The van der Waals surface area contributed by atoms with Crippen LogP contribution in [0, 0.1) is 6.92 Å². The van der Waals surface area contributed by atoms with Crippen LogP contribution in [0.15, 0.2) is 6.33 Å². The van der Waals surface area contributed by atoms with Crippen molar-refractivity contribution in [3.8, 4) is 0 Å². The molecule has 1 aromatic heterocycles. The minimum atomic E-state index is 0.0795. The van der Waals surface area contributed by atoms with Crippen molar-refractivity contribution in [1.29, 1.82) is 0 Å². The molecule has 1 unspecified atom stereocenters. The molecule has 3 nitrogen and oxygen atoms in total. The average molecular weight is 221 g/mol. The lowest BCUT2D eigenvalue weighted by Crippen LogP contribution is -2.19. The molecule has 1 atom stereocenters. The summed E-state index contributed by atoms with van der Waals surface area (Å²) in [6.45, 7) is 10.7. The van der Waals surface area contributed by atoms with Gasteiger partial charge in [-0.2, -0.15) is 0 Å². The summed E-state index contributed by atoms with van der Waals surface area (Å²) in [7, 11) is 0. The van der Waals surface area contributed by atoms with Gasteiger partial charge in [-0.05, 0) is 32.3 Å². The number of aromatic nitrogens is 2. The van der Waals surface area contributed by atoms with Crippen molar-refractivity contribution in [2.24, 2.45) is 5.73 Å². The molecule has 0 aliphatic rings. The molecule has 90 valence electrons. The monoisotopic (exact) mass is 221 g/mol. The van der Waals surface area contributed by atoms with Crippen LogP contribution in [0.2, 0.25) is 0 Å². The maximum atomic E-state index is 5.77. The molecule has 0 aliphatic heterocycles. The second-order valence-electron chi connectivity index (χ2n) is 5.56. The molecule has 0 fully saturated rings. The van der Waals surface area contributed by atoms with Gasteiger partial charge in [-0.25, -0.2) is 9.97 Å². The predicted octanol–water partition coefficient (Wildman–Crippen LogP) is 2.36. The topological polar surface area (TPSA) is 51.8 Å². The standard InChI is InChI=1S/C13H23N3/c1-9(14)6-7-11-10(2)12(13(3,4)5)16-8-15-11/h8-9H,6-7,14H2,1-5H3. The lowest BCUT2D eigenvalue weighted by atomic mass is 9.88. The highest BCUT2D eigenvalue weighted by molar-refractivity contribution is 5.28. The third kappa shape index (κ3) is 3.27. The Bertz CT molecular complexity index is 351. The van der Waals surface area contributed by atoms with E-state index < -0.39 is 0 Å². The zero-order valence-corrected chi connectivity index (χ0v) is 11.0. The van der Waals surface area contributed by atoms with Crippen LogP contribution in [0.1, 0.15) is 51.1 Å². The van der Waals surface area contributed by atoms with Gasteiger partial charge in [-0.1, -0.05) is 20.8 Å². The number of aryl methyl sites for hydroxylation is 1. The van der Waals surface area contributed by atoms with Crippen LogP contribution >= 0.6 is 0 Å². The van der Waals surface area contributed by atoms with Crippen molar-refractivity contribution in [3.05, 3.63) is 23.3 Å². The minimum Gasteiger partial charge on any atom is -0.328 e. The molecule has 0 radical (unpaired) electrons. The van der Waals surface area contributed by atoms with Gasteiger partial charge < -0.3 is 5.73 Å². The number of nitrogens with two attached hydrogens (primary N) is 1. The highest BCUT2D eigenvalue weighted by atomic mass is 14.9. The maximum Gasteiger partial charge on any atom is 0.115 e. The minimum absolute atomic E-state index is 0.0795. The van der Waals surface area contributed by atoms with E-state index in [-0.39, 0.29) is 11.5 Å². The van der Waals surface area contributed by atoms with Gasteiger partial charge in [-0.3, -0.25) is 0 Å². The Labute approximate surface area is 98.5 Å². The molecule has 1 aromatic rings. The molecule has 0 aromatic carbocycles. The van der Waals surface area contributed by atoms with E-state index in [9.17, 15) is 0 Å². The Morgan fingerprint density at radius 3 is 2.44 bits per heavy atom. The lowest BCUT2D eigenvalue weighted by Gasteiger charge is -2.21. The van der Waals surface area contributed by atoms with Crippen molar-refractivity contribution in [3.63, 3.8) is 0 Å². The first-order valence-corrected chi connectivity index (χ1v) is 5.89. The zero-order valence-electron chi connectivity index (χ0n) is 11.0. The maximum absolute atomic E-state index is 5.77. The molecule has 0 spiro atoms. The van der Waals surface area contributed by atoms with Crippen LogP contribution in [0.25, 0.3) is 0 Å². The quantitative estimate of drug-likeness (QED) is 0.852. The van der Waals surface area contributed by atoms with Gasteiger partial charge in [0.25, 0.3) is 0 Å². The zero-order chi connectivity index (χ0) is 12.3. The summed E-state index contributed by atoms with van der Waals surface area (Å²) in [4.78, 5) is 8.75. The Kier molecular flexibility index (Phi) is 4.03. The van der Waals surface area contributed by atoms with Crippen LogP contribution < -0.4 is 5.73 Å². The van der Waals surface area contributed by atoms with Gasteiger partial charge in [-0.15, -0.1) is 0 Å². The molecule has 0 saturated heterocycles. The number of hydrogen-bond acceptors (Lipinski definition) is 3. The van der Waals surface area contributed by atoms with Crippen LogP contribution in [0.3, 0.4) is 0 Å². The van der Waals surface area contributed by atoms with Gasteiger partial charge in [0.1, 0.15) is 6.33 Å². The molecule has 1 rings (SSSR count). The predicted molar refractivity (Wildman–Crippen MR) is 67.4 cm³/mol. The third-order valence-electron chi connectivity index (χ3n) is 2.74. The Balaban J connectivity index is 2.96. The van der Waals surface area contributed by atoms with Crippen molar-refractivity contribution in [2.75, 3.05) is 0 Å². The summed E-state index contributed by atoms with van der Waals surface area (Å²) in [5.74, 6) is 0. The van der Waals surface area contributed by atoms with Crippen LogP contribution in [0.5, 0.6) is 0 Å². The van der Waals surface area contributed by atoms with Gasteiger partial charge in [0.2, 0.25) is 0 Å². The SMILES string of the molecule is Cc1c(CCC(C)N)ncnc1C(C)(C)C. The first kappa shape index (κ1) is 13.1. The number of rotatable bonds is 3. The number of hydrogen-bond donors (Lipinski definition) is 1. The molecule has 0 aliphatic carbocycles. The molecule has 3 heteroatoms. The normalized spacial score (nSPS) is 13.9. The molecule has 2 N–H and O–H groups in total. The van der Waals surface area contributed by atoms with E-state index in [1.165, 1.54) is 5.56 Å². The summed E-state index contributed by atoms with van der Waals surface area (Å²) in [6, 6.07) is 0.229. The summed E-state index contributed by atoms with van der Waals surface area (Å²) in [5, 5.41) is 0. The van der Waals surface area contributed by atoms with Crippen molar-refractivity contribution in [2.45, 2.75) is 58.9 Å². The lowest BCUT2D eigenvalue weighted by molar-refractivity contribution is 0.557. The molecule has 1 heterocycles. The Morgan fingerprint density at radius 2 is 1.94 bits per heavy atom. The second kappa shape index (κ2) is 4.91. The number of nitrogens with zero attached hydrogens (tertiary/aromatic N) is 2. The highest BCUT2D eigenvalue weighted by Gasteiger charge is 2.19. The fourth-order valence-corrected chi connectivity index (χ4v) is 1.86. The van der Waals surface area contributed by atoms with Crippen molar-refractivity contribution < 1.29 is 0 Å². The van der Waals surface area contributed by atoms with Crippen LogP contribution in [-0.2, 0) is 11.8 Å². The summed E-state index contributed by atoms with van der Waals surface area (Å²) >= 11 is 0. The van der Waals surface area contributed by atoms with E-state index in [4.69, 9.17) is 5.73 Å². The van der Waals surface area contributed by atoms with E-state index in [0.29, 0.717) is 0 Å². The molecule has 0 bridgehead atoms. The van der Waals surface area contributed by atoms with E-state index in [1.807, 2.05) is 6.92 Å². The summed E-state index contributed by atoms with van der Waals surface area (Å²) < 4.78 is 0. The van der Waals surface area contributed by atoms with E-state index in [0.717, 1.165) is 24.2 Å². The van der Waals surface area contributed by atoms with Crippen LogP contribution in [0.4, 0.5) is 0 Å². The highest BCUT2D eigenvalue weighted by Crippen LogP contribution is 2.24. The third-order valence-corrected chi connectivity index (χ3v) is 2.74. The smallest absolute Gasteiger partial charge is 0.115 e. The fourth-order valence-electron chi connectivity index (χ4n) is 1.86. The van der Waals surface area contributed by atoms with E-state index >= 15 is 0 Å². The van der Waals surface area contributed by atoms with Gasteiger partial charge in [0.15, 0.2) is 0 Å². The first-order valence-electron chi connectivity index (χ1n) is 5.89. The van der Waals surface area contributed by atoms with Crippen LogP contribution in [-0.4, -0.2) is 16.0 Å². The summed E-state index contributed by atoms with van der Waals surface area (Å²) in [5.41, 5.74) is 9.35. The molecule has 0 amide bonds. The van der Waals surface area contributed by atoms with Gasteiger partial charge >= 0.3 is 0 Å². The summed E-state index contributed by atoms with van der Waals surface area (Å²) in [6.07, 6.45) is 3.58. The van der Waals surface area contributed by atoms with Gasteiger partial charge in [0.05, 0.1) is 5.69 Å². The van der Waals surface area contributed by atoms with Gasteiger partial charge in [0, 0.05) is 17.2 Å². The molecular formula is C13H23N3. The second-order valence-corrected chi connectivity index (χ2v) is 5.56. The Morgan fingerprint density at radius 1 is 1.31 bits per heavy atom. The molecule has 16 heavy (non-hydrogen) atoms. The average Bonchev–Trinajstić information content (AvgIpc) is 2.14. The van der Waals surface area contributed by atoms with Crippen molar-refractivity contribution in [1.82, 2.24) is 9.97 Å². The first-order chi connectivity index (χ1) is 7.32. The Hall–Kier alpha value is -0.960. The largest absolute Gasteiger partial charge is 0.328 e. The van der Waals surface area contributed by atoms with E-state index in [1.54, 1.807) is 6.33 Å². The molecule has 0 saturated carbocycles.